The molecule has 6 nitrogen and oxygen atoms in total. The number of anilines is 2. The lowest BCUT2D eigenvalue weighted by atomic mass is 10.2. The van der Waals surface area contributed by atoms with Gasteiger partial charge in [-0.1, -0.05) is 0 Å². The summed E-state index contributed by atoms with van der Waals surface area (Å²) in [5, 5.41) is 4.24. The lowest BCUT2D eigenvalue weighted by molar-refractivity contribution is 0.395. The molecule has 0 unspecified atom stereocenters. The van der Waals surface area contributed by atoms with Crippen LogP contribution in [0.15, 0.2) is 36.8 Å². The quantitative estimate of drug-likeness (QED) is 0.798. The Morgan fingerprint density at radius 1 is 1.10 bits per heavy atom. The Morgan fingerprint density at radius 2 is 1.95 bits per heavy atom. The minimum absolute atomic E-state index is 0.692. The minimum Gasteiger partial charge on any atom is -0.497 e. The molecule has 6 heteroatoms. The highest BCUT2D eigenvalue weighted by Crippen LogP contribution is 2.32. The highest BCUT2D eigenvalue weighted by molar-refractivity contribution is 5.89. The number of rotatable bonds is 4. The van der Waals surface area contributed by atoms with Gasteiger partial charge in [0.15, 0.2) is 0 Å². The zero-order valence-electron chi connectivity index (χ0n) is 12.1. The van der Waals surface area contributed by atoms with E-state index in [9.17, 15) is 0 Å². The van der Waals surface area contributed by atoms with Gasteiger partial charge in [0, 0.05) is 19.3 Å². The summed E-state index contributed by atoms with van der Waals surface area (Å²) in [5.74, 6) is 2.17. The van der Waals surface area contributed by atoms with Crippen LogP contribution in [0.25, 0.3) is 11.0 Å². The lowest BCUT2D eigenvalue weighted by Crippen LogP contribution is -1.99. The summed E-state index contributed by atoms with van der Waals surface area (Å²) in [7, 11) is 5.20. The third-order valence-electron chi connectivity index (χ3n) is 3.32. The summed E-state index contributed by atoms with van der Waals surface area (Å²) in [6, 6.07) is 7.57. The predicted molar refractivity (Wildman–Crippen MR) is 81.3 cm³/mol. The first kappa shape index (κ1) is 13.2. The summed E-state index contributed by atoms with van der Waals surface area (Å²) >= 11 is 0. The monoisotopic (exact) mass is 284 g/mol. The molecular formula is C15H16N4O2. The average Bonchev–Trinajstić information content (AvgIpc) is 2.90. The van der Waals surface area contributed by atoms with Gasteiger partial charge in [0.25, 0.3) is 0 Å². The lowest BCUT2D eigenvalue weighted by Gasteiger charge is -2.12. The van der Waals surface area contributed by atoms with Crippen molar-refractivity contribution in [3.8, 4) is 11.5 Å². The third kappa shape index (κ3) is 2.35. The molecule has 0 bridgehead atoms. The molecule has 0 aliphatic rings. The summed E-state index contributed by atoms with van der Waals surface area (Å²) in [5.41, 5.74) is 1.70. The molecule has 3 rings (SSSR count). The molecule has 1 N–H and O–H groups in total. The van der Waals surface area contributed by atoms with Crippen LogP contribution in [0.2, 0.25) is 0 Å². The summed E-state index contributed by atoms with van der Waals surface area (Å²) in [6.45, 7) is 0. The fourth-order valence-electron chi connectivity index (χ4n) is 2.21. The average molecular weight is 284 g/mol. The molecule has 0 aliphatic carbocycles. The van der Waals surface area contributed by atoms with Crippen LogP contribution < -0.4 is 14.8 Å². The van der Waals surface area contributed by atoms with Gasteiger partial charge < -0.3 is 19.4 Å². The van der Waals surface area contributed by atoms with Crippen molar-refractivity contribution in [2.75, 3.05) is 19.5 Å². The number of hydrogen-bond donors (Lipinski definition) is 1. The number of nitrogens with one attached hydrogen (secondary N) is 1. The van der Waals surface area contributed by atoms with E-state index in [0.717, 1.165) is 28.3 Å². The van der Waals surface area contributed by atoms with Crippen LogP contribution in [0.5, 0.6) is 11.5 Å². The number of nitrogens with zero attached hydrogens (tertiary/aromatic N) is 3. The maximum atomic E-state index is 5.39. The van der Waals surface area contributed by atoms with Crippen molar-refractivity contribution in [3.05, 3.63) is 36.8 Å². The van der Waals surface area contributed by atoms with E-state index in [1.54, 1.807) is 20.5 Å². The highest BCUT2D eigenvalue weighted by Gasteiger charge is 2.10. The Hall–Kier alpha value is -2.76. The first-order valence-corrected chi connectivity index (χ1v) is 6.48. The summed E-state index contributed by atoms with van der Waals surface area (Å²) in [4.78, 5) is 8.58. The van der Waals surface area contributed by atoms with Crippen LogP contribution in [-0.4, -0.2) is 28.8 Å². The third-order valence-corrected chi connectivity index (χ3v) is 3.32. The largest absolute Gasteiger partial charge is 0.497 e. The Morgan fingerprint density at radius 3 is 2.71 bits per heavy atom. The number of aromatic nitrogens is 3. The molecular weight excluding hydrogens is 268 g/mol. The van der Waals surface area contributed by atoms with Gasteiger partial charge in [-0.2, -0.15) is 0 Å². The van der Waals surface area contributed by atoms with E-state index in [1.807, 2.05) is 42.1 Å². The number of benzene rings is 1. The predicted octanol–water partition coefficient (Wildman–Crippen LogP) is 2.73. The van der Waals surface area contributed by atoms with E-state index in [-0.39, 0.29) is 0 Å². The van der Waals surface area contributed by atoms with Crippen LogP contribution in [0.3, 0.4) is 0 Å². The normalized spacial score (nSPS) is 10.6. The number of aryl methyl sites for hydroxylation is 1. The number of hydrogen-bond acceptors (Lipinski definition) is 5. The van der Waals surface area contributed by atoms with Crippen LogP contribution in [-0.2, 0) is 7.05 Å². The van der Waals surface area contributed by atoms with Gasteiger partial charge >= 0.3 is 0 Å². The van der Waals surface area contributed by atoms with Crippen molar-refractivity contribution >= 4 is 22.5 Å². The molecule has 2 aromatic heterocycles. The summed E-state index contributed by atoms with van der Waals surface area (Å²) in [6.07, 6.45) is 3.50. The Kier molecular flexibility index (Phi) is 3.35. The molecule has 0 spiro atoms. The standard InChI is InChI=1S/C15H16N4O2/c1-19-7-6-11-14(16-9-17-15(11)19)18-12-5-4-10(20-2)8-13(12)21-3/h4-9H,1-3H3,(H,16,17,18). The number of methoxy groups -OCH3 is 2. The zero-order valence-corrected chi connectivity index (χ0v) is 12.1. The molecule has 0 saturated carbocycles. The van der Waals surface area contributed by atoms with Crippen molar-refractivity contribution in [3.63, 3.8) is 0 Å². The van der Waals surface area contributed by atoms with Crippen molar-refractivity contribution in [2.45, 2.75) is 0 Å². The molecule has 21 heavy (non-hydrogen) atoms. The van der Waals surface area contributed by atoms with Crippen molar-refractivity contribution in [2.24, 2.45) is 7.05 Å². The van der Waals surface area contributed by atoms with Crippen molar-refractivity contribution in [1.29, 1.82) is 0 Å². The first-order valence-electron chi connectivity index (χ1n) is 6.48. The van der Waals surface area contributed by atoms with Gasteiger partial charge in [-0.15, -0.1) is 0 Å². The topological polar surface area (TPSA) is 61.2 Å². The molecule has 0 amide bonds. The SMILES string of the molecule is COc1ccc(Nc2ncnc3c2ccn3C)c(OC)c1. The molecule has 3 aromatic rings. The fourth-order valence-corrected chi connectivity index (χ4v) is 2.21. The van der Waals surface area contributed by atoms with E-state index in [0.29, 0.717) is 5.75 Å². The molecule has 0 atom stereocenters. The smallest absolute Gasteiger partial charge is 0.146 e. The van der Waals surface area contributed by atoms with Gasteiger partial charge in [-0.3, -0.25) is 0 Å². The second-order valence-electron chi connectivity index (χ2n) is 4.58. The van der Waals surface area contributed by atoms with E-state index in [2.05, 4.69) is 15.3 Å². The minimum atomic E-state index is 0.692. The molecule has 2 heterocycles. The van der Waals surface area contributed by atoms with Crippen molar-refractivity contribution in [1.82, 2.24) is 14.5 Å². The molecule has 1 aromatic carbocycles. The highest BCUT2D eigenvalue weighted by atomic mass is 16.5. The van der Waals surface area contributed by atoms with Crippen LogP contribution in [0.1, 0.15) is 0 Å². The van der Waals surface area contributed by atoms with Gasteiger partial charge in [0.1, 0.15) is 29.3 Å². The molecule has 0 saturated heterocycles. The van der Waals surface area contributed by atoms with E-state index in [4.69, 9.17) is 9.47 Å². The van der Waals surface area contributed by atoms with E-state index in [1.165, 1.54) is 0 Å². The second kappa shape index (κ2) is 5.32. The Bertz CT molecular complexity index is 782. The van der Waals surface area contributed by atoms with Crippen LogP contribution in [0, 0.1) is 0 Å². The van der Waals surface area contributed by atoms with Crippen LogP contribution >= 0.6 is 0 Å². The van der Waals surface area contributed by atoms with Gasteiger partial charge in [-0.25, -0.2) is 9.97 Å². The van der Waals surface area contributed by atoms with Crippen molar-refractivity contribution < 1.29 is 9.47 Å². The maximum Gasteiger partial charge on any atom is 0.146 e. The van der Waals surface area contributed by atoms with E-state index < -0.39 is 0 Å². The zero-order chi connectivity index (χ0) is 14.8. The maximum absolute atomic E-state index is 5.39. The van der Waals surface area contributed by atoms with Gasteiger partial charge in [0.05, 0.1) is 25.3 Å². The second-order valence-corrected chi connectivity index (χ2v) is 4.58. The Balaban J connectivity index is 2.02. The molecule has 0 aliphatic heterocycles. The molecule has 0 radical (unpaired) electrons. The van der Waals surface area contributed by atoms with Crippen LogP contribution in [0.4, 0.5) is 11.5 Å². The fraction of sp³-hybridized carbons (Fsp3) is 0.200. The van der Waals surface area contributed by atoms with E-state index >= 15 is 0 Å². The number of fused-ring (bicyclic) bond motifs is 1. The number of ether oxygens (including phenoxy) is 2. The molecule has 0 fully saturated rings. The van der Waals surface area contributed by atoms with Gasteiger partial charge in [-0.05, 0) is 18.2 Å². The Labute approximate surface area is 122 Å². The first-order chi connectivity index (χ1) is 10.2. The van der Waals surface area contributed by atoms with Gasteiger partial charge in [0.2, 0.25) is 0 Å². The molecule has 108 valence electrons. The summed E-state index contributed by atoms with van der Waals surface area (Å²) < 4.78 is 12.5.